The van der Waals surface area contributed by atoms with Gasteiger partial charge < -0.3 is 4.52 Å². The number of aromatic nitrogens is 1. The van der Waals surface area contributed by atoms with Gasteiger partial charge in [-0.3, -0.25) is 0 Å². The largest absolute Gasteiger partial charge is 0.365 e. The van der Waals surface area contributed by atoms with E-state index in [1.54, 1.807) is 6.26 Å². The third kappa shape index (κ3) is 2.54. The van der Waals surface area contributed by atoms with Crippen molar-refractivity contribution < 1.29 is 4.52 Å². The molecule has 0 aromatic carbocycles. The molecule has 0 aliphatic carbocycles. The van der Waals surface area contributed by atoms with Gasteiger partial charge in [0.2, 0.25) is 0 Å². The van der Waals surface area contributed by atoms with Crippen molar-refractivity contribution in [3.05, 3.63) is 18.0 Å². The van der Waals surface area contributed by atoms with E-state index in [1.807, 2.05) is 6.07 Å². The van der Waals surface area contributed by atoms with E-state index >= 15 is 0 Å². The lowest BCUT2D eigenvalue weighted by Crippen LogP contribution is -1.93. The molecule has 0 fully saturated rings. The third-order valence-electron chi connectivity index (χ3n) is 1.73. The second-order valence-electron chi connectivity index (χ2n) is 2.66. The molecule has 1 rings (SSSR count). The van der Waals surface area contributed by atoms with Crippen molar-refractivity contribution in [1.29, 1.82) is 0 Å². The van der Waals surface area contributed by atoms with Crippen LogP contribution in [0.4, 0.5) is 0 Å². The summed E-state index contributed by atoms with van der Waals surface area (Å²) in [5, 5.41) is 3.85. The van der Waals surface area contributed by atoms with Gasteiger partial charge in [0.15, 0.2) is 0 Å². The molecule has 3 heteroatoms. The first-order valence-electron chi connectivity index (χ1n) is 3.81. The van der Waals surface area contributed by atoms with Crippen LogP contribution in [0.2, 0.25) is 0 Å². The second-order valence-corrected chi connectivity index (χ2v) is 3.03. The second kappa shape index (κ2) is 4.39. The molecule has 0 saturated carbocycles. The fourth-order valence-electron chi connectivity index (χ4n) is 1.01. The Kier molecular flexibility index (Phi) is 3.43. The summed E-state index contributed by atoms with van der Waals surface area (Å²) >= 11 is 5.56. The number of hydrogen-bond donors (Lipinski definition) is 0. The maximum atomic E-state index is 5.56. The van der Waals surface area contributed by atoms with Gasteiger partial charge in [-0.15, -0.1) is 11.6 Å². The molecule has 0 N–H and O–H groups in total. The lowest BCUT2D eigenvalue weighted by Gasteiger charge is -2.04. The topological polar surface area (TPSA) is 26.0 Å². The van der Waals surface area contributed by atoms with Gasteiger partial charge in [0.05, 0.1) is 5.69 Å². The van der Waals surface area contributed by atoms with Crippen molar-refractivity contribution in [1.82, 2.24) is 5.16 Å². The van der Waals surface area contributed by atoms with Gasteiger partial charge in [-0.25, -0.2) is 0 Å². The highest BCUT2D eigenvalue weighted by atomic mass is 35.5. The molecular weight excluding hydrogens is 162 g/mol. The Hall–Kier alpha value is -0.500. The zero-order valence-electron chi connectivity index (χ0n) is 6.59. The highest BCUT2D eigenvalue weighted by Crippen LogP contribution is 2.18. The van der Waals surface area contributed by atoms with E-state index in [2.05, 4.69) is 12.1 Å². The molecule has 0 amide bonds. The van der Waals surface area contributed by atoms with E-state index in [-0.39, 0.29) is 0 Å². The smallest absolute Gasteiger partial charge is 0.124 e. The van der Waals surface area contributed by atoms with Crippen LogP contribution in [0.25, 0.3) is 0 Å². The molecule has 0 aliphatic rings. The molecule has 1 unspecified atom stereocenters. The Morgan fingerprint density at radius 3 is 3.09 bits per heavy atom. The van der Waals surface area contributed by atoms with Crippen molar-refractivity contribution in [2.45, 2.75) is 25.7 Å². The van der Waals surface area contributed by atoms with Crippen LogP contribution in [0, 0.1) is 0 Å². The van der Waals surface area contributed by atoms with Gasteiger partial charge in [0.25, 0.3) is 0 Å². The number of rotatable bonds is 4. The van der Waals surface area contributed by atoms with Crippen LogP contribution in [0.1, 0.15) is 31.4 Å². The summed E-state index contributed by atoms with van der Waals surface area (Å²) in [6.45, 7) is 2.13. The SMILES string of the molecule is CC(CCCCl)c1ccon1. The summed E-state index contributed by atoms with van der Waals surface area (Å²) in [5.41, 5.74) is 1.02. The lowest BCUT2D eigenvalue weighted by molar-refractivity contribution is 0.404. The van der Waals surface area contributed by atoms with Gasteiger partial charge in [-0.1, -0.05) is 12.1 Å². The number of hydrogen-bond acceptors (Lipinski definition) is 2. The number of alkyl halides is 1. The van der Waals surface area contributed by atoms with Crippen LogP contribution >= 0.6 is 11.6 Å². The monoisotopic (exact) mass is 173 g/mol. The van der Waals surface area contributed by atoms with Crippen LogP contribution in [0.15, 0.2) is 16.9 Å². The normalized spacial score (nSPS) is 13.3. The van der Waals surface area contributed by atoms with E-state index in [9.17, 15) is 0 Å². The van der Waals surface area contributed by atoms with Crippen molar-refractivity contribution in [3.63, 3.8) is 0 Å². The van der Waals surface area contributed by atoms with E-state index in [1.165, 1.54) is 0 Å². The molecular formula is C8H12ClNO. The fraction of sp³-hybridized carbons (Fsp3) is 0.625. The summed E-state index contributed by atoms with van der Waals surface area (Å²) in [5.74, 6) is 1.19. The molecule has 0 saturated heterocycles. The van der Waals surface area contributed by atoms with E-state index in [4.69, 9.17) is 16.1 Å². The molecule has 11 heavy (non-hydrogen) atoms. The van der Waals surface area contributed by atoms with Gasteiger partial charge >= 0.3 is 0 Å². The van der Waals surface area contributed by atoms with Crippen LogP contribution in [0.5, 0.6) is 0 Å². The Labute approximate surface area is 71.5 Å². The predicted molar refractivity (Wildman–Crippen MR) is 44.9 cm³/mol. The minimum atomic E-state index is 0.465. The summed E-state index contributed by atoms with van der Waals surface area (Å²) < 4.78 is 4.73. The molecule has 0 aliphatic heterocycles. The van der Waals surface area contributed by atoms with Crippen LogP contribution in [-0.4, -0.2) is 11.0 Å². The molecule has 2 nitrogen and oxygen atoms in total. The van der Waals surface area contributed by atoms with E-state index in [0.29, 0.717) is 5.92 Å². The first-order valence-corrected chi connectivity index (χ1v) is 4.34. The molecule has 0 spiro atoms. The van der Waals surface area contributed by atoms with E-state index < -0.39 is 0 Å². The summed E-state index contributed by atoms with van der Waals surface area (Å²) in [6.07, 6.45) is 3.72. The van der Waals surface area contributed by atoms with Crippen LogP contribution in [-0.2, 0) is 0 Å². The minimum absolute atomic E-state index is 0.465. The van der Waals surface area contributed by atoms with Crippen LogP contribution in [0.3, 0.4) is 0 Å². The number of halogens is 1. The first-order chi connectivity index (χ1) is 5.34. The zero-order valence-corrected chi connectivity index (χ0v) is 7.34. The zero-order chi connectivity index (χ0) is 8.10. The van der Waals surface area contributed by atoms with Gasteiger partial charge in [0, 0.05) is 17.9 Å². The lowest BCUT2D eigenvalue weighted by atomic mass is 10.0. The van der Waals surface area contributed by atoms with Gasteiger partial charge in [0.1, 0.15) is 6.26 Å². The van der Waals surface area contributed by atoms with Gasteiger partial charge in [-0.05, 0) is 12.8 Å². The average Bonchev–Trinajstić information content (AvgIpc) is 2.52. The summed E-state index contributed by atoms with van der Waals surface area (Å²) in [4.78, 5) is 0. The quantitative estimate of drug-likeness (QED) is 0.655. The highest BCUT2D eigenvalue weighted by Gasteiger charge is 2.06. The minimum Gasteiger partial charge on any atom is -0.365 e. The summed E-state index contributed by atoms with van der Waals surface area (Å²) in [6, 6.07) is 1.90. The molecule has 62 valence electrons. The van der Waals surface area contributed by atoms with Gasteiger partial charge in [-0.2, -0.15) is 0 Å². The number of nitrogens with zero attached hydrogens (tertiary/aromatic N) is 1. The Balaban J connectivity index is 2.36. The highest BCUT2D eigenvalue weighted by molar-refractivity contribution is 6.17. The average molecular weight is 174 g/mol. The van der Waals surface area contributed by atoms with Crippen molar-refractivity contribution in [2.75, 3.05) is 5.88 Å². The molecule has 1 atom stereocenters. The third-order valence-corrected chi connectivity index (χ3v) is 2.00. The fourth-order valence-corrected chi connectivity index (χ4v) is 1.16. The maximum Gasteiger partial charge on any atom is 0.124 e. The Bertz CT molecular complexity index is 186. The standard InChI is InChI=1S/C8H12ClNO/c1-7(3-2-5-9)8-4-6-11-10-8/h4,6-7H,2-3,5H2,1H3. The van der Waals surface area contributed by atoms with Crippen molar-refractivity contribution >= 4 is 11.6 Å². The van der Waals surface area contributed by atoms with Crippen molar-refractivity contribution in [2.24, 2.45) is 0 Å². The maximum absolute atomic E-state index is 5.56. The summed E-state index contributed by atoms with van der Waals surface area (Å²) in [7, 11) is 0. The molecule has 1 aromatic rings. The molecule has 0 radical (unpaired) electrons. The van der Waals surface area contributed by atoms with E-state index in [0.717, 1.165) is 24.4 Å². The predicted octanol–water partition coefficient (Wildman–Crippen LogP) is 2.80. The Morgan fingerprint density at radius 1 is 1.73 bits per heavy atom. The Morgan fingerprint density at radius 2 is 2.55 bits per heavy atom. The van der Waals surface area contributed by atoms with Crippen LogP contribution < -0.4 is 0 Å². The molecule has 0 bridgehead atoms. The molecule has 1 aromatic heterocycles. The van der Waals surface area contributed by atoms with Crippen molar-refractivity contribution in [3.8, 4) is 0 Å². The first kappa shape index (κ1) is 8.60. The molecule has 1 heterocycles.